The van der Waals surface area contributed by atoms with Gasteiger partial charge in [0.1, 0.15) is 16.8 Å². The summed E-state index contributed by atoms with van der Waals surface area (Å²) in [5.74, 6) is -1.97. The number of halogens is 2. The molecule has 1 aliphatic rings. The van der Waals surface area contributed by atoms with Crippen molar-refractivity contribution >= 4 is 34.4 Å². The van der Waals surface area contributed by atoms with Crippen LogP contribution < -0.4 is 5.32 Å². The van der Waals surface area contributed by atoms with E-state index < -0.39 is 16.9 Å². The Bertz CT molecular complexity index is 1190. The number of amides is 2. The van der Waals surface area contributed by atoms with Crippen LogP contribution in [-0.2, 0) is 16.1 Å². The van der Waals surface area contributed by atoms with Crippen molar-refractivity contribution in [2.45, 2.75) is 18.2 Å². The molecule has 0 radical (unpaired) electrons. The molecule has 1 aromatic heterocycles. The van der Waals surface area contributed by atoms with Gasteiger partial charge in [0.25, 0.3) is 0 Å². The molecule has 12 heteroatoms. The van der Waals surface area contributed by atoms with Crippen molar-refractivity contribution in [1.29, 1.82) is 0 Å². The van der Waals surface area contributed by atoms with Gasteiger partial charge in [-0.2, -0.15) is 4.68 Å². The van der Waals surface area contributed by atoms with Crippen LogP contribution in [0.25, 0.3) is 5.69 Å². The summed E-state index contributed by atoms with van der Waals surface area (Å²) in [4.78, 5) is 30.5. The second kappa shape index (κ2) is 9.22. The summed E-state index contributed by atoms with van der Waals surface area (Å²) in [6.45, 7) is -0.0559. The van der Waals surface area contributed by atoms with Gasteiger partial charge in [-0.05, 0) is 34.7 Å². The number of hydrogen-bond acceptors (Lipinski definition) is 7. The molecule has 1 N–H and O–H groups in total. The third kappa shape index (κ3) is 4.49. The van der Waals surface area contributed by atoms with Gasteiger partial charge in [0.15, 0.2) is 16.8 Å². The maximum atomic E-state index is 14.2. The standard InChI is InChI=1S/C20H17F2N7O2S/c1-23-18(30)10-16-19(31)28(20(32-16)24-15-8-7-12(21)9-14(15)22)11-17-25-26-27-29(17)13-5-3-2-4-6-13/h2-9,16H,10-11H2,1H3,(H,23,30). The molecule has 3 aromatic rings. The first-order chi connectivity index (χ1) is 15.5. The molecule has 1 aliphatic heterocycles. The van der Waals surface area contributed by atoms with Crippen molar-refractivity contribution in [1.82, 2.24) is 30.4 Å². The molecule has 0 saturated carbocycles. The molecular weight excluding hydrogens is 440 g/mol. The van der Waals surface area contributed by atoms with Gasteiger partial charge in [0.05, 0.1) is 12.2 Å². The summed E-state index contributed by atoms with van der Waals surface area (Å²) in [7, 11) is 1.47. The van der Waals surface area contributed by atoms with Crippen molar-refractivity contribution in [3.05, 3.63) is 66.0 Å². The highest BCUT2D eigenvalue weighted by Crippen LogP contribution is 2.33. The molecule has 164 valence electrons. The number of thioether (sulfide) groups is 1. The average molecular weight is 457 g/mol. The quantitative estimate of drug-likeness (QED) is 0.609. The summed E-state index contributed by atoms with van der Waals surface area (Å²) < 4.78 is 28.9. The molecule has 32 heavy (non-hydrogen) atoms. The minimum atomic E-state index is -0.866. The predicted octanol–water partition coefficient (Wildman–Crippen LogP) is 2.21. The van der Waals surface area contributed by atoms with E-state index in [1.54, 1.807) is 12.1 Å². The van der Waals surface area contributed by atoms with Crippen LogP contribution in [0.1, 0.15) is 12.2 Å². The Hall–Kier alpha value is -3.67. The van der Waals surface area contributed by atoms with E-state index in [4.69, 9.17) is 0 Å². The highest BCUT2D eigenvalue weighted by molar-refractivity contribution is 8.15. The van der Waals surface area contributed by atoms with Gasteiger partial charge in [-0.25, -0.2) is 13.8 Å². The SMILES string of the molecule is CNC(=O)CC1SC(=Nc2ccc(F)cc2F)N(Cc2nnnn2-c2ccccc2)C1=O. The summed E-state index contributed by atoms with van der Waals surface area (Å²) in [6.07, 6.45) is -0.0783. The molecule has 0 aliphatic carbocycles. The van der Waals surface area contributed by atoms with Crippen LogP contribution in [0.2, 0.25) is 0 Å². The minimum Gasteiger partial charge on any atom is -0.359 e. The van der Waals surface area contributed by atoms with E-state index in [0.717, 1.165) is 17.8 Å². The zero-order valence-electron chi connectivity index (χ0n) is 16.8. The zero-order chi connectivity index (χ0) is 22.7. The highest BCUT2D eigenvalue weighted by Gasteiger charge is 2.40. The molecule has 4 rings (SSSR count). The van der Waals surface area contributed by atoms with E-state index in [9.17, 15) is 18.4 Å². The smallest absolute Gasteiger partial charge is 0.243 e. The van der Waals surface area contributed by atoms with Crippen LogP contribution in [0.5, 0.6) is 0 Å². The summed E-state index contributed by atoms with van der Waals surface area (Å²) in [5.41, 5.74) is 0.562. The maximum Gasteiger partial charge on any atom is 0.243 e. The van der Waals surface area contributed by atoms with Crippen LogP contribution in [0.3, 0.4) is 0 Å². The number of hydrogen-bond donors (Lipinski definition) is 1. The van der Waals surface area contributed by atoms with E-state index in [-0.39, 0.29) is 35.6 Å². The molecule has 1 unspecified atom stereocenters. The zero-order valence-corrected chi connectivity index (χ0v) is 17.6. The molecule has 2 aromatic carbocycles. The third-order valence-corrected chi connectivity index (χ3v) is 5.81. The molecule has 1 atom stereocenters. The number of aliphatic imine (C=N–C) groups is 1. The van der Waals surface area contributed by atoms with E-state index in [1.807, 2.05) is 18.2 Å². The van der Waals surface area contributed by atoms with Crippen LogP contribution in [0.4, 0.5) is 14.5 Å². The number of aromatic nitrogens is 4. The number of para-hydroxylation sites is 1. The van der Waals surface area contributed by atoms with Crippen molar-refractivity contribution in [2.24, 2.45) is 4.99 Å². The molecule has 0 bridgehead atoms. The molecule has 0 spiro atoms. The average Bonchev–Trinajstić information content (AvgIpc) is 3.36. The van der Waals surface area contributed by atoms with Crippen LogP contribution in [-0.4, -0.2) is 54.4 Å². The van der Waals surface area contributed by atoms with Gasteiger partial charge in [0, 0.05) is 19.5 Å². The monoisotopic (exact) mass is 457 g/mol. The van der Waals surface area contributed by atoms with Crippen LogP contribution in [0, 0.1) is 11.6 Å². The van der Waals surface area contributed by atoms with Gasteiger partial charge in [-0.1, -0.05) is 30.0 Å². The lowest BCUT2D eigenvalue weighted by Gasteiger charge is -2.16. The molecule has 2 heterocycles. The Balaban J connectivity index is 1.69. The fourth-order valence-electron chi connectivity index (χ4n) is 3.03. The number of benzene rings is 2. The Labute approximate surface area is 185 Å². The summed E-state index contributed by atoms with van der Waals surface area (Å²) in [5, 5.41) is 13.6. The lowest BCUT2D eigenvalue weighted by molar-refractivity contribution is -0.129. The number of carbonyl (C=O) groups excluding carboxylic acids is 2. The highest BCUT2D eigenvalue weighted by atomic mass is 32.2. The van der Waals surface area contributed by atoms with Crippen LogP contribution in [0.15, 0.2) is 53.5 Å². The number of nitrogens with zero attached hydrogens (tertiary/aromatic N) is 6. The van der Waals surface area contributed by atoms with E-state index >= 15 is 0 Å². The first-order valence-electron chi connectivity index (χ1n) is 9.51. The summed E-state index contributed by atoms with van der Waals surface area (Å²) in [6, 6.07) is 12.1. The molecular formula is C20H17F2N7O2S. The lowest BCUT2D eigenvalue weighted by Crippen LogP contribution is -2.34. The molecule has 1 fully saturated rings. The van der Waals surface area contributed by atoms with E-state index in [0.29, 0.717) is 17.6 Å². The second-order valence-corrected chi connectivity index (χ2v) is 7.91. The van der Waals surface area contributed by atoms with Crippen molar-refractivity contribution in [3.8, 4) is 5.69 Å². The number of tetrazole rings is 1. The van der Waals surface area contributed by atoms with Gasteiger partial charge < -0.3 is 5.32 Å². The molecule has 9 nitrogen and oxygen atoms in total. The Kier molecular flexibility index (Phi) is 6.21. The van der Waals surface area contributed by atoms with Gasteiger partial charge in [-0.15, -0.1) is 5.10 Å². The van der Waals surface area contributed by atoms with Crippen LogP contribution >= 0.6 is 11.8 Å². The first-order valence-corrected chi connectivity index (χ1v) is 10.4. The Morgan fingerprint density at radius 1 is 1.22 bits per heavy atom. The second-order valence-electron chi connectivity index (χ2n) is 6.74. The molecule has 1 saturated heterocycles. The van der Waals surface area contributed by atoms with Gasteiger partial charge >= 0.3 is 0 Å². The maximum absolute atomic E-state index is 14.2. The lowest BCUT2D eigenvalue weighted by atomic mass is 10.2. The number of carbonyl (C=O) groups is 2. The Morgan fingerprint density at radius 3 is 2.72 bits per heavy atom. The fourth-order valence-corrected chi connectivity index (χ4v) is 4.18. The van der Waals surface area contributed by atoms with E-state index in [1.165, 1.54) is 22.7 Å². The molecule has 2 amide bonds. The minimum absolute atomic E-state index is 0.0559. The van der Waals surface area contributed by atoms with Gasteiger partial charge in [-0.3, -0.25) is 14.5 Å². The predicted molar refractivity (Wildman–Crippen MR) is 113 cm³/mol. The summed E-state index contributed by atoms with van der Waals surface area (Å²) >= 11 is 1.03. The largest absolute Gasteiger partial charge is 0.359 e. The van der Waals surface area contributed by atoms with Crippen molar-refractivity contribution in [2.75, 3.05) is 7.05 Å². The third-order valence-electron chi connectivity index (χ3n) is 4.63. The first kappa shape index (κ1) is 21.6. The number of rotatable bonds is 6. The topological polar surface area (TPSA) is 105 Å². The van der Waals surface area contributed by atoms with Crippen molar-refractivity contribution < 1.29 is 18.4 Å². The van der Waals surface area contributed by atoms with Crippen molar-refractivity contribution in [3.63, 3.8) is 0 Å². The fraction of sp³-hybridized carbons (Fsp3) is 0.200. The Morgan fingerprint density at radius 2 is 2.00 bits per heavy atom. The number of nitrogens with one attached hydrogen (secondary N) is 1. The van der Waals surface area contributed by atoms with Gasteiger partial charge in [0.2, 0.25) is 11.8 Å². The van der Waals surface area contributed by atoms with E-state index in [2.05, 4.69) is 25.8 Å². The number of amidine groups is 1. The normalized spacial score (nSPS) is 17.2.